The Balaban J connectivity index is 0.000000394. The van der Waals surface area contributed by atoms with E-state index in [0.29, 0.717) is 19.1 Å². The van der Waals surface area contributed by atoms with Gasteiger partial charge in [-0.25, -0.2) is 29.2 Å². The molecule has 12 heteroatoms. The van der Waals surface area contributed by atoms with Crippen molar-refractivity contribution < 1.29 is 28.7 Å². The molecule has 0 aliphatic heterocycles. The molecule has 0 saturated heterocycles. The smallest absolute Gasteiger partial charge is 0.286 e. The van der Waals surface area contributed by atoms with Crippen molar-refractivity contribution in [3.05, 3.63) is 35.4 Å². The van der Waals surface area contributed by atoms with Gasteiger partial charge in [0.05, 0.1) is 23.7 Å². The predicted molar refractivity (Wildman–Crippen MR) is 196 cm³/mol. The van der Waals surface area contributed by atoms with Crippen LogP contribution in [0.15, 0.2) is 44.2 Å². The van der Waals surface area contributed by atoms with E-state index in [4.69, 9.17) is 20.0 Å². The van der Waals surface area contributed by atoms with Crippen LogP contribution in [0, 0.1) is 46.2 Å². The largest absolute Gasteiger partial charge is 0.427 e. The van der Waals surface area contributed by atoms with Gasteiger partial charge in [-0.2, -0.15) is 20.5 Å². The van der Waals surface area contributed by atoms with E-state index in [1.807, 2.05) is 58.2 Å². The maximum atomic E-state index is 10.4. The first-order chi connectivity index (χ1) is 24.7. The lowest BCUT2D eigenvalue weighted by Gasteiger charge is -2.32. The fourth-order valence-electron chi connectivity index (χ4n) is 6.53. The highest BCUT2D eigenvalue weighted by Crippen LogP contribution is 2.37. The number of hydrogen-bond donors (Lipinski definition) is 0. The van der Waals surface area contributed by atoms with Crippen LogP contribution in [0.1, 0.15) is 130 Å². The minimum Gasteiger partial charge on any atom is -0.427 e. The Morgan fingerprint density at radius 1 is 0.769 bits per heavy atom. The first-order valence-electron chi connectivity index (χ1n) is 18.1. The van der Waals surface area contributed by atoms with E-state index in [0.717, 1.165) is 61.5 Å². The van der Waals surface area contributed by atoms with E-state index in [2.05, 4.69) is 40.7 Å². The number of hydrogen-bond acceptors (Lipinski definition) is 12. The molecule has 2 fully saturated rings. The van der Waals surface area contributed by atoms with Crippen molar-refractivity contribution in [1.29, 1.82) is 10.5 Å². The van der Waals surface area contributed by atoms with Crippen molar-refractivity contribution in [3.8, 4) is 12.5 Å². The molecular formula is C40H56N6O6. The van der Waals surface area contributed by atoms with Crippen molar-refractivity contribution in [2.75, 3.05) is 13.2 Å². The Morgan fingerprint density at radius 3 is 1.77 bits per heavy atom. The summed E-state index contributed by atoms with van der Waals surface area (Å²) in [4.78, 5) is 55.8. The Hall–Kier alpha value is -4.68. The van der Waals surface area contributed by atoms with Crippen molar-refractivity contribution in [2.45, 2.75) is 142 Å². The summed E-state index contributed by atoms with van der Waals surface area (Å²) in [7, 11) is 0. The van der Waals surface area contributed by atoms with Gasteiger partial charge in [0.25, 0.3) is 12.5 Å². The average molecular weight is 717 g/mol. The normalized spacial score (nSPS) is 20.2. The number of rotatable bonds is 15. The highest BCUT2D eigenvalue weighted by molar-refractivity contribution is 5.41. The van der Waals surface area contributed by atoms with Crippen LogP contribution in [0.3, 0.4) is 0 Å². The van der Waals surface area contributed by atoms with Crippen LogP contribution in [0.2, 0.25) is 0 Å². The molecule has 2 aliphatic rings. The summed E-state index contributed by atoms with van der Waals surface area (Å²) in [5, 5.41) is 16.8. The molecule has 0 aromatic heterocycles. The summed E-state index contributed by atoms with van der Waals surface area (Å²) in [6.07, 6.45) is 22.1. The molecule has 12 nitrogen and oxygen atoms in total. The number of nitriles is 2. The predicted octanol–water partition coefficient (Wildman–Crippen LogP) is 8.42. The molecule has 0 amide bonds. The number of isocyanates is 4. The molecule has 1 unspecified atom stereocenters. The zero-order valence-electron chi connectivity index (χ0n) is 32.0. The van der Waals surface area contributed by atoms with Gasteiger partial charge >= 0.3 is 0 Å². The van der Waals surface area contributed by atoms with E-state index < -0.39 is 11.1 Å². The van der Waals surface area contributed by atoms with Crippen LogP contribution in [-0.2, 0) is 39.7 Å². The molecule has 1 atom stereocenters. The van der Waals surface area contributed by atoms with E-state index >= 15 is 0 Å². The van der Waals surface area contributed by atoms with Crippen molar-refractivity contribution in [3.63, 3.8) is 0 Å². The quantitative estimate of drug-likeness (QED) is 0.0749. The summed E-state index contributed by atoms with van der Waals surface area (Å²) in [6.45, 7) is 14.5. The van der Waals surface area contributed by atoms with E-state index in [1.165, 1.54) is 38.2 Å². The summed E-state index contributed by atoms with van der Waals surface area (Å²) >= 11 is 0. The lowest BCUT2D eigenvalue weighted by Crippen LogP contribution is -2.27. The second-order valence-electron chi connectivity index (χ2n) is 15.5. The maximum absolute atomic E-state index is 10.4. The second-order valence-corrected chi connectivity index (χ2v) is 15.5. The Kier molecular flexibility index (Phi) is 20.7. The minimum absolute atomic E-state index is 0.0272. The van der Waals surface area contributed by atoms with Gasteiger partial charge in [-0.05, 0) is 127 Å². The Bertz CT molecular complexity index is 1460. The second kappa shape index (κ2) is 23.7. The van der Waals surface area contributed by atoms with Gasteiger partial charge in [0, 0.05) is 5.41 Å². The SMILES string of the molecule is CC(C)(N=C=O)c1cccc(C(C)(C)N=C=O)c1.CC(CCCN=C=O)C(C)(C)COC#N.N#COC1CCC(CC2CCC(N=C=O)CC2)CC1. The zero-order chi connectivity index (χ0) is 39.0. The molecule has 3 rings (SSSR count). The van der Waals surface area contributed by atoms with Gasteiger partial charge in [0.1, 0.15) is 12.7 Å². The summed E-state index contributed by atoms with van der Waals surface area (Å²) < 4.78 is 9.79. The number of carbonyl (C=O) groups excluding carboxylic acids is 4. The fraction of sp³-hybridized carbons (Fsp3) is 0.700. The molecule has 2 aliphatic carbocycles. The topological polar surface area (TPSA) is 184 Å². The lowest BCUT2D eigenvalue weighted by atomic mass is 9.76. The number of benzene rings is 1. The lowest BCUT2D eigenvalue weighted by molar-refractivity contribution is 0.0915. The standard InChI is InChI=1S/C15H22N2O2.C14H16N2O2.C11H18N2O2/c16-10-19-15-7-3-13(4-8-15)9-12-1-5-14(6-2-12)17-11-18;1-13(2,15-9-17)11-6-5-7-12(8-11)14(3,4)16-10-18;1-10(5-4-6-13-9-14)11(2,3)7-15-8-12/h12-15H,1-9H2;5-8H,1-4H3;10H,4-7H2,1-3H3. The van der Waals surface area contributed by atoms with Crippen molar-refractivity contribution >= 4 is 24.3 Å². The molecular weight excluding hydrogens is 660 g/mol. The van der Waals surface area contributed by atoms with Gasteiger partial charge < -0.3 is 9.47 Å². The number of ether oxygens (including phenoxy) is 2. The third-order valence-electron chi connectivity index (χ3n) is 10.5. The summed E-state index contributed by atoms with van der Waals surface area (Å²) in [6, 6.07) is 7.74. The molecule has 282 valence electrons. The molecule has 0 heterocycles. The maximum Gasteiger partial charge on any atom is 0.286 e. The summed E-state index contributed by atoms with van der Waals surface area (Å²) in [5.74, 6) is 2.03. The molecule has 2 saturated carbocycles. The van der Waals surface area contributed by atoms with Crippen LogP contribution < -0.4 is 0 Å². The van der Waals surface area contributed by atoms with Gasteiger partial charge in [-0.1, -0.05) is 45.0 Å². The van der Waals surface area contributed by atoms with E-state index in [-0.39, 0.29) is 17.6 Å². The van der Waals surface area contributed by atoms with Crippen LogP contribution in [-0.4, -0.2) is 49.6 Å². The average Bonchev–Trinajstić information content (AvgIpc) is 3.12. The van der Waals surface area contributed by atoms with Crippen LogP contribution in [0.5, 0.6) is 0 Å². The van der Waals surface area contributed by atoms with Crippen molar-refractivity contribution in [2.24, 2.45) is 43.1 Å². The molecule has 0 radical (unpaired) electrons. The van der Waals surface area contributed by atoms with Gasteiger partial charge in [0.15, 0.2) is 0 Å². The van der Waals surface area contributed by atoms with Crippen molar-refractivity contribution in [1.82, 2.24) is 0 Å². The van der Waals surface area contributed by atoms with Gasteiger partial charge in [-0.15, -0.1) is 0 Å². The van der Waals surface area contributed by atoms with Crippen LogP contribution in [0.4, 0.5) is 0 Å². The highest BCUT2D eigenvalue weighted by Gasteiger charge is 2.28. The Labute approximate surface area is 309 Å². The molecule has 0 bridgehead atoms. The van der Waals surface area contributed by atoms with Crippen LogP contribution >= 0.6 is 0 Å². The first kappa shape index (κ1) is 45.3. The molecule has 1 aromatic carbocycles. The third kappa shape index (κ3) is 17.0. The Morgan fingerprint density at radius 2 is 1.31 bits per heavy atom. The van der Waals surface area contributed by atoms with E-state index in [9.17, 15) is 19.2 Å². The molecule has 0 spiro atoms. The fourth-order valence-corrected chi connectivity index (χ4v) is 6.53. The van der Waals surface area contributed by atoms with E-state index in [1.54, 1.807) is 24.5 Å². The summed E-state index contributed by atoms with van der Waals surface area (Å²) in [5.41, 5.74) is 0.438. The molecule has 52 heavy (non-hydrogen) atoms. The monoisotopic (exact) mass is 716 g/mol. The third-order valence-corrected chi connectivity index (χ3v) is 10.5. The molecule has 1 aromatic rings. The van der Waals surface area contributed by atoms with Gasteiger partial charge in [0.2, 0.25) is 24.3 Å². The molecule has 0 N–H and O–H groups in total. The number of aliphatic imine (C=N–C) groups is 4. The van der Waals surface area contributed by atoms with Gasteiger partial charge in [-0.3, -0.25) is 0 Å². The minimum atomic E-state index is -0.640. The number of nitrogens with zero attached hydrogens (tertiary/aromatic N) is 6. The first-order valence-corrected chi connectivity index (χ1v) is 18.1. The van der Waals surface area contributed by atoms with Crippen LogP contribution in [0.25, 0.3) is 0 Å². The zero-order valence-corrected chi connectivity index (χ0v) is 32.0. The highest BCUT2D eigenvalue weighted by atomic mass is 16.5.